The Balaban J connectivity index is 1.20. The Labute approximate surface area is 667 Å². The topological polar surface area (TPSA) is 24.3 Å². The summed E-state index contributed by atoms with van der Waals surface area (Å²) in [5, 5.41) is -0.0243. The van der Waals surface area contributed by atoms with E-state index in [1.165, 1.54) is 22.3 Å². The molecule has 0 fully saturated rings. The summed E-state index contributed by atoms with van der Waals surface area (Å²) in [7, 11) is 0. The second-order valence-electron chi connectivity index (χ2n) is 38.0. The van der Waals surface area contributed by atoms with Crippen molar-refractivity contribution in [2.75, 3.05) is 9.80 Å². The minimum absolute atomic E-state index is 0.0122. The highest BCUT2D eigenvalue weighted by atomic mass is 15.2. The predicted molar refractivity (Wildman–Crippen MR) is 476 cm³/mol. The summed E-state index contributed by atoms with van der Waals surface area (Å²) >= 11 is 0. The summed E-state index contributed by atoms with van der Waals surface area (Å²) in [6, 6.07) is 77.1. The van der Waals surface area contributed by atoms with E-state index in [-0.39, 0.29) is 54.3 Å². The van der Waals surface area contributed by atoms with Gasteiger partial charge in [0.25, 0.3) is 6.71 Å². The van der Waals surface area contributed by atoms with E-state index in [4.69, 9.17) is 4.98 Å². The van der Waals surface area contributed by atoms with Gasteiger partial charge >= 0.3 is 0 Å². The summed E-state index contributed by atoms with van der Waals surface area (Å²) in [6.07, 6.45) is 0. The highest BCUT2D eigenvalue weighted by Crippen LogP contribution is 2.56. The van der Waals surface area contributed by atoms with Crippen LogP contribution < -0.4 is 26.2 Å². The molecule has 0 saturated carbocycles. The number of nitrogens with zero attached hydrogens (tertiary/aromatic N) is 4. The molecule has 14 aromatic rings. The first-order valence-corrected chi connectivity index (χ1v) is 39.2. The Morgan fingerprint density at radius 2 is 0.636 bits per heavy atom. The van der Waals surface area contributed by atoms with E-state index in [0.717, 1.165) is 134 Å². The zero-order chi connectivity index (χ0) is 84.6. The molecule has 2 aliphatic rings. The number of fused-ring (bicyclic) bond motifs is 7. The highest BCUT2D eigenvalue weighted by Gasteiger charge is 2.47. The third kappa shape index (κ3) is 13.2. The maximum absolute atomic E-state index is 10.3. The van der Waals surface area contributed by atoms with Crippen LogP contribution in [0.3, 0.4) is 0 Å². The van der Waals surface area contributed by atoms with Gasteiger partial charge in [0.05, 0.1) is 44.8 Å². The van der Waals surface area contributed by atoms with Gasteiger partial charge in [0.2, 0.25) is 0 Å². The number of rotatable bonds is 9. The molecule has 2 aliphatic heterocycles. The lowest BCUT2D eigenvalue weighted by Gasteiger charge is -2.46. The maximum Gasteiger partial charge on any atom is 0.252 e. The third-order valence-electron chi connectivity index (χ3n) is 22.8. The van der Waals surface area contributed by atoms with Crippen LogP contribution in [-0.4, -0.2) is 16.3 Å². The van der Waals surface area contributed by atoms with Crippen LogP contribution in [0.1, 0.15) is 195 Å². The summed E-state index contributed by atoms with van der Waals surface area (Å²) in [5.74, 6) is 0. The summed E-state index contributed by atoms with van der Waals surface area (Å²) in [6.45, 7) is 47.1. The van der Waals surface area contributed by atoms with Crippen molar-refractivity contribution in [3.05, 3.63) is 306 Å². The maximum atomic E-state index is 10.3. The quantitative estimate of drug-likeness (QED) is 0.135. The normalized spacial score (nSPS) is 14.5. The lowest BCUT2D eigenvalue weighted by Crippen LogP contribution is -2.61. The van der Waals surface area contributed by atoms with Crippen LogP contribution in [0.2, 0.25) is 0 Å². The van der Waals surface area contributed by atoms with Crippen molar-refractivity contribution in [3.8, 4) is 72.6 Å². The van der Waals surface area contributed by atoms with Crippen LogP contribution in [0.4, 0.5) is 34.1 Å². The Morgan fingerprint density at radius 3 is 1.00 bits per heavy atom. The average Bonchev–Trinajstić information content (AvgIpc) is 1.00. The van der Waals surface area contributed by atoms with Crippen molar-refractivity contribution in [3.63, 3.8) is 0 Å². The van der Waals surface area contributed by atoms with Gasteiger partial charge in [-0.25, -0.2) is 0 Å². The SMILES string of the molecule is [2H]c1c([2H])c([2H])c2c(c1[2H])c1c([2H])c([2H])c([2H])c([2H])c1n2-c1cc2c3c(c1)N(c1c(-c4ccccc4)cc(C(C)(C)C)cc1-c1cccc(C(C)(C)C)n1)c1cc(-c4cc(C(C)(C)C)cc(C(C)(C)C)c4)ccc1B3c1ccc(-c3cc(C(C)(C)C)cc(C(C)(C)C)c3)cc1N2c1c(-c2ccccc2)cc(C(C)(C)C)cc1-c1ccccc1. The Kier molecular flexibility index (Phi) is 15.4. The number of hydrogen-bond acceptors (Lipinski definition) is 3. The minimum atomic E-state index is -0.543. The van der Waals surface area contributed by atoms with Crippen LogP contribution in [0.5, 0.6) is 0 Å². The number of pyridine rings is 1. The highest BCUT2D eigenvalue weighted by molar-refractivity contribution is 7.00. The molecule has 4 heterocycles. The van der Waals surface area contributed by atoms with Crippen molar-refractivity contribution in [1.29, 1.82) is 0 Å². The molecule has 0 saturated heterocycles. The molecule has 110 heavy (non-hydrogen) atoms. The van der Waals surface area contributed by atoms with Crippen molar-refractivity contribution in [1.82, 2.24) is 9.55 Å². The zero-order valence-electron chi connectivity index (χ0n) is 76.2. The molecule has 0 amide bonds. The first-order chi connectivity index (χ1) is 55.3. The van der Waals surface area contributed by atoms with E-state index in [1.54, 1.807) is 4.57 Å². The summed E-state index contributed by atoms with van der Waals surface area (Å²) < 4.78 is 80.5. The molecule has 0 spiro atoms. The first-order valence-electron chi connectivity index (χ1n) is 43.2. The van der Waals surface area contributed by atoms with Gasteiger partial charge in [0, 0.05) is 66.9 Å². The lowest BCUT2D eigenvalue weighted by atomic mass is 9.33. The minimum Gasteiger partial charge on any atom is -0.310 e. The van der Waals surface area contributed by atoms with E-state index < -0.39 is 60.5 Å². The molecule has 0 N–H and O–H groups in total. The molecule has 550 valence electrons. The zero-order valence-corrected chi connectivity index (χ0v) is 68.2. The van der Waals surface area contributed by atoms with Crippen LogP contribution in [-0.2, 0) is 37.9 Å². The molecule has 5 heteroatoms. The summed E-state index contributed by atoms with van der Waals surface area (Å²) in [5.41, 5.74) is 26.0. The van der Waals surface area contributed by atoms with E-state index in [9.17, 15) is 11.0 Å². The molecular formula is C105H107BN4. The average molecular weight is 1440 g/mol. The fourth-order valence-electron chi connectivity index (χ4n) is 16.3. The van der Waals surface area contributed by atoms with Gasteiger partial charge in [0.15, 0.2) is 0 Å². The molecule has 16 rings (SSSR count). The number of benzene rings is 12. The van der Waals surface area contributed by atoms with Gasteiger partial charge in [-0.3, -0.25) is 4.98 Å². The molecule has 0 unspecified atom stereocenters. The fourth-order valence-corrected chi connectivity index (χ4v) is 16.3. The standard InChI is InChI=1S/C105H107BN4/c1-99(2,3)73-52-71(53-74(58-73)100(4,5)6)69-48-50-86-91(56-69)109(97-82(66-36-25-22-26-37-66)60-77(103(13,14)15)61-83(97)67-38-27-23-28-39-67)93-64-79(108-89-45-33-31-42-80(89)81-43-32-34-46-90(81)108)65-94-96(93)106(86)87-51-49-70(72-54-75(101(7,8)9)59-76(55-72)102(10,11)12)57-92(87)110(94)98-84(68-40-29-24-30-41-68)62-78(104(16,17)18)63-85(98)88-44-35-47-95(107-88)105(19,20)21/h22-65H,1-21H3/i31D,32D,33D,34D,42D,43D,45D,46D. The third-order valence-corrected chi connectivity index (χ3v) is 22.8. The Bertz CT molecular complexity index is 6250. The Morgan fingerprint density at radius 1 is 0.291 bits per heavy atom. The number of para-hydroxylation sites is 2. The molecule has 0 atom stereocenters. The molecule has 0 bridgehead atoms. The first kappa shape index (κ1) is 64.1. The van der Waals surface area contributed by atoms with E-state index in [2.05, 4.69) is 374 Å². The smallest absolute Gasteiger partial charge is 0.252 e. The van der Waals surface area contributed by atoms with Crippen LogP contribution >= 0.6 is 0 Å². The van der Waals surface area contributed by atoms with E-state index >= 15 is 0 Å². The second-order valence-corrected chi connectivity index (χ2v) is 38.0. The van der Waals surface area contributed by atoms with Gasteiger partial charge in [-0.2, -0.15) is 0 Å². The molecule has 2 aromatic heterocycles. The van der Waals surface area contributed by atoms with Crippen molar-refractivity contribution in [2.24, 2.45) is 0 Å². The van der Waals surface area contributed by atoms with Crippen molar-refractivity contribution in [2.45, 2.75) is 183 Å². The van der Waals surface area contributed by atoms with Crippen LogP contribution in [0, 0.1) is 0 Å². The van der Waals surface area contributed by atoms with Crippen LogP contribution in [0.15, 0.2) is 267 Å². The second kappa shape index (κ2) is 26.5. The Hall–Kier alpha value is -10.7. The van der Waals surface area contributed by atoms with Gasteiger partial charge < -0.3 is 14.4 Å². The number of hydrogen-bond donors (Lipinski definition) is 0. The summed E-state index contributed by atoms with van der Waals surface area (Å²) in [4.78, 5) is 10.8. The van der Waals surface area contributed by atoms with E-state index in [0.29, 0.717) is 5.69 Å². The van der Waals surface area contributed by atoms with Crippen LogP contribution in [0.25, 0.3) is 94.4 Å². The van der Waals surface area contributed by atoms with E-state index in [1.807, 2.05) is 0 Å². The van der Waals surface area contributed by atoms with Gasteiger partial charge in [-0.15, -0.1) is 0 Å². The van der Waals surface area contributed by atoms with Gasteiger partial charge in [0.1, 0.15) is 0 Å². The molecule has 0 radical (unpaired) electrons. The molecule has 4 nitrogen and oxygen atoms in total. The molecule has 0 aliphatic carbocycles. The molecule has 12 aromatic carbocycles. The number of aromatic nitrogens is 2. The van der Waals surface area contributed by atoms with Crippen molar-refractivity contribution < 1.29 is 11.0 Å². The predicted octanol–water partition coefficient (Wildman–Crippen LogP) is 27.3. The van der Waals surface area contributed by atoms with Gasteiger partial charge in [-0.1, -0.05) is 339 Å². The monoisotopic (exact) mass is 1440 g/mol. The lowest BCUT2D eigenvalue weighted by molar-refractivity contribution is 0.568. The van der Waals surface area contributed by atoms with Crippen molar-refractivity contribution >= 4 is 79.0 Å². The van der Waals surface area contributed by atoms with Gasteiger partial charge in [-0.05, 0) is 194 Å². The molecular weight excluding hydrogens is 1330 g/mol. The largest absolute Gasteiger partial charge is 0.310 e. The fraction of sp³-hybridized carbons (Fsp3) is 0.267. The number of anilines is 6.